The van der Waals surface area contributed by atoms with Crippen molar-refractivity contribution in [3.63, 3.8) is 0 Å². The number of carbonyl (C=O) groups is 1. The van der Waals surface area contributed by atoms with E-state index in [1.54, 1.807) is 0 Å². The zero-order valence-corrected chi connectivity index (χ0v) is 13.4. The smallest absolute Gasteiger partial charge is 0.227 e. The van der Waals surface area contributed by atoms with Gasteiger partial charge in [0.25, 0.3) is 0 Å². The van der Waals surface area contributed by atoms with E-state index in [9.17, 15) is 4.79 Å². The maximum absolute atomic E-state index is 12.7. The number of amides is 1. The second-order valence-corrected chi connectivity index (χ2v) is 6.19. The summed E-state index contributed by atoms with van der Waals surface area (Å²) < 4.78 is 0. The Balaban J connectivity index is 1.77. The molecule has 2 aliphatic rings. The van der Waals surface area contributed by atoms with Crippen molar-refractivity contribution in [1.82, 2.24) is 15.1 Å². The summed E-state index contributed by atoms with van der Waals surface area (Å²) in [4.78, 5) is 17.2. The largest absolute Gasteiger partial charge is 0.343 e. The van der Waals surface area contributed by atoms with Gasteiger partial charge in [-0.25, -0.2) is 0 Å². The highest BCUT2D eigenvalue weighted by molar-refractivity contribution is 5.80. The van der Waals surface area contributed by atoms with E-state index in [1.165, 1.54) is 12.8 Å². The third kappa shape index (κ3) is 3.53. The monoisotopic (exact) mass is 281 g/mol. The molecule has 3 atom stereocenters. The molecule has 2 heterocycles. The standard InChI is InChI=1S/C16H31N3O/c1-4-18(5-2)10-7-11-19(6-3)16(20)14-12-13-8-9-15(14)17-13/h13-15,17H,4-12H2,1-3H3. The van der Waals surface area contributed by atoms with Crippen LogP contribution >= 0.6 is 0 Å². The first-order chi connectivity index (χ1) is 9.69. The number of hydrogen-bond donors (Lipinski definition) is 1. The molecule has 0 aliphatic carbocycles. The predicted molar refractivity (Wildman–Crippen MR) is 82.7 cm³/mol. The van der Waals surface area contributed by atoms with Crippen LogP contribution in [0.15, 0.2) is 0 Å². The molecule has 2 bridgehead atoms. The van der Waals surface area contributed by atoms with Gasteiger partial charge in [0.05, 0.1) is 5.92 Å². The van der Waals surface area contributed by atoms with Gasteiger partial charge < -0.3 is 15.1 Å². The number of rotatable bonds is 8. The van der Waals surface area contributed by atoms with Crippen molar-refractivity contribution in [1.29, 1.82) is 0 Å². The van der Waals surface area contributed by atoms with Gasteiger partial charge in [-0.1, -0.05) is 13.8 Å². The van der Waals surface area contributed by atoms with Crippen molar-refractivity contribution in [3.05, 3.63) is 0 Å². The Kier molecular flexibility index (Phi) is 5.85. The lowest BCUT2D eigenvalue weighted by Crippen LogP contribution is -2.42. The number of nitrogens with zero attached hydrogens (tertiary/aromatic N) is 2. The van der Waals surface area contributed by atoms with Gasteiger partial charge in [-0.15, -0.1) is 0 Å². The van der Waals surface area contributed by atoms with Crippen LogP contribution in [0.2, 0.25) is 0 Å². The molecule has 0 aromatic rings. The minimum atomic E-state index is 0.252. The third-order valence-electron chi connectivity index (χ3n) is 5.11. The molecule has 4 heteroatoms. The molecule has 2 saturated heterocycles. The van der Waals surface area contributed by atoms with Crippen LogP contribution in [-0.4, -0.2) is 60.5 Å². The summed E-state index contributed by atoms with van der Waals surface area (Å²) in [7, 11) is 0. The molecule has 1 amide bonds. The molecule has 20 heavy (non-hydrogen) atoms. The predicted octanol–water partition coefficient (Wildman–Crippen LogP) is 1.71. The van der Waals surface area contributed by atoms with Gasteiger partial charge in [-0.2, -0.15) is 0 Å². The Hall–Kier alpha value is -0.610. The Labute approximate surface area is 123 Å². The van der Waals surface area contributed by atoms with Gasteiger partial charge in [0.1, 0.15) is 0 Å². The number of hydrogen-bond acceptors (Lipinski definition) is 3. The lowest BCUT2D eigenvalue weighted by molar-refractivity contribution is -0.136. The van der Waals surface area contributed by atoms with Crippen molar-refractivity contribution < 1.29 is 4.79 Å². The minimum Gasteiger partial charge on any atom is -0.343 e. The zero-order valence-electron chi connectivity index (χ0n) is 13.4. The summed E-state index contributed by atoms with van der Waals surface area (Å²) in [6.45, 7) is 11.6. The zero-order chi connectivity index (χ0) is 14.5. The molecular weight excluding hydrogens is 250 g/mol. The highest BCUT2D eigenvalue weighted by atomic mass is 16.2. The van der Waals surface area contributed by atoms with Crippen molar-refractivity contribution in [2.75, 3.05) is 32.7 Å². The summed E-state index contributed by atoms with van der Waals surface area (Å²) in [5, 5.41) is 3.57. The molecule has 0 radical (unpaired) electrons. The fraction of sp³-hybridized carbons (Fsp3) is 0.938. The summed E-state index contributed by atoms with van der Waals surface area (Å²) in [6.07, 6.45) is 4.62. The van der Waals surface area contributed by atoms with Crippen molar-refractivity contribution in [2.45, 2.75) is 58.5 Å². The van der Waals surface area contributed by atoms with E-state index >= 15 is 0 Å². The Morgan fingerprint density at radius 1 is 1.10 bits per heavy atom. The van der Waals surface area contributed by atoms with Gasteiger partial charge in [0.15, 0.2) is 0 Å². The van der Waals surface area contributed by atoms with Gasteiger partial charge in [-0.3, -0.25) is 4.79 Å². The Bertz CT molecular complexity index is 317. The maximum atomic E-state index is 12.7. The molecule has 2 aliphatic heterocycles. The van der Waals surface area contributed by atoms with Gasteiger partial charge in [0.2, 0.25) is 5.91 Å². The van der Waals surface area contributed by atoms with Crippen LogP contribution in [-0.2, 0) is 4.79 Å². The molecule has 116 valence electrons. The van der Waals surface area contributed by atoms with Gasteiger partial charge in [0, 0.05) is 25.2 Å². The van der Waals surface area contributed by atoms with E-state index < -0.39 is 0 Å². The first-order valence-electron chi connectivity index (χ1n) is 8.46. The molecule has 2 rings (SSSR count). The van der Waals surface area contributed by atoms with Crippen LogP contribution in [0.25, 0.3) is 0 Å². The van der Waals surface area contributed by atoms with E-state index in [-0.39, 0.29) is 5.92 Å². The lowest BCUT2D eigenvalue weighted by Gasteiger charge is -2.28. The van der Waals surface area contributed by atoms with Gasteiger partial charge in [-0.05, 0) is 52.2 Å². The Morgan fingerprint density at radius 3 is 2.35 bits per heavy atom. The van der Waals surface area contributed by atoms with Crippen LogP contribution in [0.3, 0.4) is 0 Å². The second kappa shape index (κ2) is 7.41. The van der Waals surface area contributed by atoms with Crippen LogP contribution in [0.4, 0.5) is 0 Å². The summed E-state index contributed by atoms with van der Waals surface area (Å²) in [5.41, 5.74) is 0. The summed E-state index contributed by atoms with van der Waals surface area (Å²) in [5.74, 6) is 0.647. The number of fused-ring (bicyclic) bond motifs is 2. The van der Waals surface area contributed by atoms with E-state index in [0.29, 0.717) is 18.0 Å². The van der Waals surface area contributed by atoms with E-state index in [2.05, 4.69) is 35.9 Å². The van der Waals surface area contributed by atoms with Crippen LogP contribution < -0.4 is 5.32 Å². The SMILES string of the molecule is CCN(CC)CCCN(CC)C(=O)C1CC2CCC1N2. The lowest BCUT2D eigenvalue weighted by atomic mass is 9.88. The van der Waals surface area contributed by atoms with Gasteiger partial charge >= 0.3 is 0 Å². The highest BCUT2D eigenvalue weighted by Crippen LogP contribution is 2.34. The van der Waals surface area contributed by atoms with Crippen LogP contribution in [0, 0.1) is 5.92 Å². The number of carbonyl (C=O) groups excluding carboxylic acids is 1. The van der Waals surface area contributed by atoms with Crippen LogP contribution in [0.5, 0.6) is 0 Å². The first kappa shape index (κ1) is 15.8. The fourth-order valence-corrected chi connectivity index (χ4v) is 3.78. The average molecular weight is 281 g/mol. The molecular formula is C16H31N3O. The molecule has 3 unspecified atom stereocenters. The van der Waals surface area contributed by atoms with Crippen molar-refractivity contribution in [3.8, 4) is 0 Å². The molecule has 0 aromatic carbocycles. The molecule has 0 spiro atoms. The molecule has 2 fully saturated rings. The van der Waals surface area contributed by atoms with E-state index in [4.69, 9.17) is 0 Å². The molecule has 1 N–H and O–H groups in total. The molecule has 0 saturated carbocycles. The first-order valence-corrected chi connectivity index (χ1v) is 8.46. The summed E-state index contributed by atoms with van der Waals surface area (Å²) >= 11 is 0. The minimum absolute atomic E-state index is 0.252. The quantitative estimate of drug-likeness (QED) is 0.736. The third-order valence-corrected chi connectivity index (χ3v) is 5.11. The van der Waals surface area contributed by atoms with E-state index in [0.717, 1.165) is 45.6 Å². The van der Waals surface area contributed by atoms with E-state index in [1.807, 2.05) is 0 Å². The average Bonchev–Trinajstić information content (AvgIpc) is 3.10. The molecule has 0 aromatic heterocycles. The maximum Gasteiger partial charge on any atom is 0.227 e. The van der Waals surface area contributed by atoms with Crippen molar-refractivity contribution >= 4 is 5.91 Å². The fourth-order valence-electron chi connectivity index (χ4n) is 3.78. The number of nitrogens with one attached hydrogen (secondary N) is 1. The topological polar surface area (TPSA) is 35.6 Å². The Morgan fingerprint density at radius 2 is 1.85 bits per heavy atom. The van der Waals surface area contributed by atoms with Crippen molar-refractivity contribution in [2.24, 2.45) is 5.92 Å². The normalized spacial score (nSPS) is 28.3. The van der Waals surface area contributed by atoms with Crippen LogP contribution in [0.1, 0.15) is 46.5 Å². The highest BCUT2D eigenvalue weighted by Gasteiger charge is 2.43. The second-order valence-electron chi connectivity index (χ2n) is 6.19. The summed E-state index contributed by atoms with van der Waals surface area (Å²) in [6, 6.07) is 1.08. The molecule has 4 nitrogen and oxygen atoms in total.